The molecule has 0 fully saturated rings. The molecular formula is C13H11ClN2O4. The average molecular weight is 295 g/mol. The lowest BCUT2D eigenvalue weighted by Gasteiger charge is -2.15. The fourth-order valence-corrected chi connectivity index (χ4v) is 2.06. The molecule has 0 aliphatic carbocycles. The molecule has 0 spiro atoms. The summed E-state index contributed by atoms with van der Waals surface area (Å²) in [6.07, 6.45) is 0. The third-order valence-electron chi connectivity index (χ3n) is 2.76. The van der Waals surface area contributed by atoms with Crippen molar-refractivity contribution in [3.63, 3.8) is 0 Å². The summed E-state index contributed by atoms with van der Waals surface area (Å²) in [6.45, 7) is -0.496. The second kappa shape index (κ2) is 5.34. The van der Waals surface area contributed by atoms with Crippen molar-refractivity contribution >= 4 is 34.2 Å². The van der Waals surface area contributed by atoms with Gasteiger partial charge in [-0.2, -0.15) is 0 Å². The number of rotatable bonds is 3. The van der Waals surface area contributed by atoms with Gasteiger partial charge in [-0.1, -0.05) is 35.9 Å². The highest BCUT2D eigenvalue weighted by Gasteiger charge is 2.22. The summed E-state index contributed by atoms with van der Waals surface area (Å²) in [5.74, 6) is -2.18. The summed E-state index contributed by atoms with van der Waals surface area (Å²) in [7, 11) is 1.31. The normalized spacial score (nSPS) is 10.5. The van der Waals surface area contributed by atoms with E-state index in [0.29, 0.717) is 10.8 Å². The maximum Gasteiger partial charge on any atom is 0.323 e. The molecule has 0 unspecified atom stereocenters. The van der Waals surface area contributed by atoms with Crippen LogP contribution in [0, 0.1) is 0 Å². The smallest absolute Gasteiger partial charge is 0.323 e. The van der Waals surface area contributed by atoms with E-state index < -0.39 is 18.4 Å². The van der Waals surface area contributed by atoms with Crippen molar-refractivity contribution in [2.24, 2.45) is 0 Å². The van der Waals surface area contributed by atoms with Crippen LogP contribution < -0.4 is 0 Å². The van der Waals surface area contributed by atoms with Gasteiger partial charge in [-0.05, 0) is 0 Å². The molecule has 0 saturated heterocycles. The third kappa shape index (κ3) is 2.50. The molecule has 1 amide bonds. The van der Waals surface area contributed by atoms with Gasteiger partial charge < -0.3 is 15.1 Å². The van der Waals surface area contributed by atoms with Crippen LogP contribution in [0.1, 0.15) is 10.5 Å². The van der Waals surface area contributed by atoms with Crippen LogP contribution in [-0.4, -0.2) is 45.6 Å². The summed E-state index contributed by atoms with van der Waals surface area (Å²) in [6, 6.07) is 6.69. The van der Waals surface area contributed by atoms with E-state index in [-0.39, 0.29) is 16.6 Å². The summed E-state index contributed by atoms with van der Waals surface area (Å²) < 4.78 is 0. The van der Waals surface area contributed by atoms with Gasteiger partial charge in [0.05, 0.1) is 0 Å². The molecule has 1 aromatic heterocycles. The maximum atomic E-state index is 12.1. The molecular weight excluding hydrogens is 284 g/mol. The lowest BCUT2D eigenvalue weighted by atomic mass is 10.1. The van der Waals surface area contributed by atoms with Crippen molar-refractivity contribution in [2.45, 2.75) is 0 Å². The number of aromatic hydroxyl groups is 1. The number of benzene rings is 1. The highest BCUT2D eigenvalue weighted by molar-refractivity contribution is 6.34. The number of carbonyl (C=O) groups excluding carboxylic acids is 1. The van der Waals surface area contributed by atoms with Crippen molar-refractivity contribution in [3.8, 4) is 5.75 Å². The number of fused-ring (bicyclic) bond motifs is 1. The van der Waals surface area contributed by atoms with Crippen molar-refractivity contribution in [3.05, 3.63) is 35.1 Å². The predicted octanol–water partition coefficient (Wildman–Crippen LogP) is 1.75. The second-order valence-electron chi connectivity index (χ2n) is 4.20. The van der Waals surface area contributed by atoms with E-state index in [1.165, 1.54) is 7.05 Å². The number of pyridine rings is 1. The molecule has 2 rings (SSSR count). The molecule has 0 aliphatic heterocycles. The SMILES string of the molecule is CN(CC(=O)O)C(=O)c1nc(Cl)c2ccccc2c1O. The Balaban J connectivity index is 2.52. The van der Waals surface area contributed by atoms with Gasteiger partial charge in [0.25, 0.3) is 5.91 Å². The van der Waals surface area contributed by atoms with Gasteiger partial charge in [0.1, 0.15) is 11.7 Å². The summed E-state index contributed by atoms with van der Waals surface area (Å²) in [4.78, 5) is 27.5. The van der Waals surface area contributed by atoms with Gasteiger partial charge in [-0.3, -0.25) is 9.59 Å². The topological polar surface area (TPSA) is 90.7 Å². The van der Waals surface area contributed by atoms with Crippen LogP contribution in [0.4, 0.5) is 0 Å². The first-order chi connectivity index (χ1) is 9.41. The minimum Gasteiger partial charge on any atom is -0.505 e. The second-order valence-corrected chi connectivity index (χ2v) is 4.56. The van der Waals surface area contributed by atoms with Gasteiger partial charge in [0.15, 0.2) is 11.4 Å². The van der Waals surface area contributed by atoms with E-state index in [9.17, 15) is 14.7 Å². The number of likely N-dealkylation sites (N-methyl/N-ethyl adjacent to an activating group) is 1. The van der Waals surface area contributed by atoms with Crippen LogP contribution in [0.15, 0.2) is 24.3 Å². The van der Waals surface area contributed by atoms with E-state index >= 15 is 0 Å². The molecule has 1 aromatic carbocycles. The number of carboxylic acids is 1. The number of hydrogen-bond acceptors (Lipinski definition) is 4. The molecule has 2 N–H and O–H groups in total. The monoisotopic (exact) mass is 294 g/mol. The minimum atomic E-state index is -1.16. The largest absolute Gasteiger partial charge is 0.505 e. The lowest BCUT2D eigenvalue weighted by molar-refractivity contribution is -0.137. The van der Waals surface area contributed by atoms with Gasteiger partial charge >= 0.3 is 5.97 Å². The Morgan fingerprint density at radius 3 is 2.50 bits per heavy atom. The van der Waals surface area contributed by atoms with Crippen LogP contribution in [0.3, 0.4) is 0 Å². The van der Waals surface area contributed by atoms with Crippen LogP contribution >= 0.6 is 11.6 Å². The zero-order valence-corrected chi connectivity index (χ0v) is 11.3. The summed E-state index contributed by atoms with van der Waals surface area (Å²) >= 11 is 5.98. The third-order valence-corrected chi connectivity index (χ3v) is 3.05. The molecule has 0 bridgehead atoms. The molecule has 104 valence electrons. The maximum absolute atomic E-state index is 12.1. The zero-order chi connectivity index (χ0) is 14.9. The Morgan fingerprint density at radius 2 is 1.90 bits per heavy atom. The van der Waals surface area contributed by atoms with E-state index in [0.717, 1.165) is 4.90 Å². The Kier molecular flexibility index (Phi) is 3.76. The summed E-state index contributed by atoms with van der Waals surface area (Å²) in [5.41, 5.74) is -0.266. The number of aliphatic carboxylic acids is 1. The molecule has 0 radical (unpaired) electrons. The molecule has 0 saturated carbocycles. The quantitative estimate of drug-likeness (QED) is 0.842. The van der Waals surface area contributed by atoms with Crippen molar-refractivity contribution in [1.82, 2.24) is 9.88 Å². The van der Waals surface area contributed by atoms with Gasteiger partial charge in [-0.15, -0.1) is 0 Å². The molecule has 0 aliphatic rings. The number of nitrogens with zero attached hydrogens (tertiary/aromatic N) is 2. The Bertz CT molecular complexity index is 702. The number of aromatic nitrogens is 1. The first-order valence-corrected chi connectivity index (χ1v) is 6.04. The van der Waals surface area contributed by atoms with Gasteiger partial charge in [0.2, 0.25) is 0 Å². The van der Waals surface area contributed by atoms with Crippen LogP contribution in [0.25, 0.3) is 10.8 Å². The first kappa shape index (κ1) is 14.1. The standard InChI is InChI=1S/C13H11ClN2O4/c1-16(6-9(17)18)13(20)10-11(19)7-4-2-3-5-8(7)12(14)15-10/h2-5,19H,6H2,1H3,(H,17,18). The first-order valence-electron chi connectivity index (χ1n) is 5.66. The fraction of sp³-hybridized carbons (Fsp3) is 0.154. The van der Waals surface area contributed by atoms with Crippen LogP contribution in [0.5, 0.6) is 5.75 Å². The average Bonchev–Trinajstić information content (AvgIpc) is 2.41. The Hall–Kier alpha value is -2.34. The van der Waals surface area contributed by atoms with E-state index in [4.69, 9.17) is 16.7 Å². The van der Waals surface area contributed by atoms with Crippen LogP contribution in [-0.2, 0) is 4.79 Å². The predicted molar refractivity (Wildman–Crippen MR) is 73.0 cm³/mol. The van der Waals surface area contributed by atoms with E-state index in [1.54, 1.807) is 24.3 Å². The fourth-order valence-electron chi connectivity index (χ4n) is 1.81. The molecule has 7 heteroatoms. The zero-order valence-electron chi connectivity index (χ0n) is 10.5. The number of carboxylic acid groups (broad SMARTS) is 1. The number of halogens is 1. The van der Waals surface area contributed by atoms with Crippen molar-refractivity contribution in [1.29, 1.82) is 0 Å². The molecule has 0 atom stereocenters. The van der Waals surface area contributed by atoms with Gasteiger partial charge in [0, 0.05) is 17.8 Å². The lowest BCUT2D eigenvalue weighted by Crippen LogP contribution is -2.32. The van der Waals surface area contributed by atoms with Crippen LogP contribution in [0.2, 0.25) is 5.15 Å². The highest BCUT2D eigenvalue weighted by atomic mass is 35.5. The Labute approximate surface area is 119 Å². The van der Waals surface area contributed by atoms with Gasteiger partial charge in [-0.25, -0.2) is 4.98 Å². The molecule has 6 nitrogen and oxygen atoms in total. The highest BCUT2D eigenvalue weighted by Crippen LogP contribution is 2.32. The molecule has 2 aromatic rings. The molecule has 20 heavy (non-hydrogen) atoms. The minimum absolute atomic E-state index is 0.0745. The number of carbonyl (C=O) groups is 2. The van der Waals surface area contributed by atoms with Crippen molar-refractivity contribution in [2.75, 3.05) is 13.6 Å². The molecule has 1 heterocycles. The Morgan fingerprint density at radius 1 is 1.30 bits per heavy atom. The number of amides is 1. The number of hydrogen-bond donors (Lipinski definition) is 2. The summed E-state index contributed by atoms with van der Waals surface area (Å²) in [5, 5.41) is 19.8. The van der Waals surface area contributed by atoms with Crippen molar-refractivity contribution < 1.29 is 19.8 Å². The van der Waals surface area contributed by atoms with E-state index in [2.05, 4.69) is 4.98 Å². The van der Waals surface area contributed by atoms with E-state index in [1.807, 2.05) is 0 Å².